The van der Waals surface area contributed by atoms with Gasteiger partial charge < -0.3 is 10.4 Å². The van der Waals surface area contributed by atoms with Crippen molar-refractivity contribution >= 4 is 43.2 Å². The van der Waals surface area contributed by atoms with Crippen LogP contribution in [0.3, 0.4) is 0 Å². The molecule has 14 heavy (non-hydrogen) atoms. The molecule has 2 N–H and O–H groups in total. The summed E-state index contributed by atoms with van der Waals surface area (Å²) in [6.07, 6.45) is 3.64. The first-order valence-corrected chi connectivity index (χ1v) is 6.54. The summed E-state index contributed by atoms with van der Waals surface area (Å²) in [4.78, 5) is 0. The van der Waals surface area contributed by atoms with Crippen molar-refractivity contribution in [1.82, 2.24) is 5.32 Å². The van der Waals surface area contributed by atoms with Gasteiger partial charge in [-0.1, -0.05) is 12.2 Å². The van der Waals surface area contributed by atoms with Gasteiger partial charge in [-0.3, -0.25) is 0 Å². The van der Waals surface area contributed by atoms with E-state index in [1.807, 2.05) is 6.08 Å². The van der Waals surface area contributed by atoms with E-state index >= 15 is 0 Å². The average molecular weight is 341 g/mol. The highest BCUT2D eigenvalue weighted by atomic mass is 79.9. The summed E-state index contributed by atoms with van der Waals surface area (Å²) in [7, 11) is 0. The van der Waals surface area contributed by atoms with Crippen LogP contribution < -0.4 is 5.32 Å². The van der Waals surface area contributed by atoms with Crippen LogP contribution >= 0.6 is 43.2 Å². The second-order valence-electron chi connectivity index (χ2n) is 2.63. The maximum Gasteiger partial charge on any atom is 0.0755 e. The quantitative estimate of drug-likeness (QED) is 0.638. The minimum Gasteiger partial charge on any atom is -0.392 e. The van der Waals surface area contributed by atoms with Crippen molar-refractivity contribution in [2.24, 2.45) is 0 Å². The van der Waals surface area contributed by atoms with E-state index in [1.54, 1.807) is 17.4 Å². The van der Waals surface area contributed by atoms with Crippen LogP contribution in [0.25, 0.3) is 0 Å². The average Bonchev–Trinajstić information content (AvgIpc) is 2.45. The summed E-state index contributed by atoms with van der Waals surface area (Å²) < 4.78 is 2.29. The lowest BCUT2D eigenvalue weighted by Crippen LogP contribution is -2.12. The van der Waals surface area contributed by atoms with Crippen LogP contribution in [0.2, 0.25) is 0 Å². The van der Waals surface area contributed by atoms with E-state index in [4.69, 9.17) is 5.11 Å². The van der Waals surface area contributed by atoms with Crippen molar-refractivity contribution in [2.75, 3.05) is 13.2 Å². The van der Waals surface area contributed by atoms with Crippen LogP contribution in [0.15, 0.2) is 25.8 Å². The van der Waals surface area contributed by atoms with Gasteiger partial charge in [-0.05, 0) is 43.5 Å². The summed E-state index contributed by atoms with van der Waals surface area (Å²) in [5.41, 5.74) is 1.25. The normalized spacial score (nSPS) is 11.4. The molecule has 0 radical (unpaired) electrons. The van der Waals surface area contributed by atoms with E-state index in [1.165, 1.54) is 5.56 Å². The zero-order chi connectivity index (χ0) is 10.4. The summed E-state index contributed by atoms with van der Waals surface area (Å²) in [5.74, 6) is 0. The molecule has 2 nitrogen and oxygen atoms in total. The Morgan fingerprint density at radius 2 is 2.21 bits per heavy atom. The molecule has 0 atom stereocenters. The van der Waals surface area contributed by atoms with Gasteiger partial charge in [-0.2, -0.15) is 0 Å². The molecule has 0 aromatic carbocycles. The molecular weight excluding hydrogens is 330 g/mol. The molecule has 1 rings (SSSR count). The fraction of sp³-hybridized carbons (Fsp3) is 0.333. The molecule has 0 unspecified atom stereocenters. The number of nitrogens with one attached hydrogen (secondary N) is 1. The number of hydrogen-bond acceptors (Lipinski definition) is 3. The number of thiophene rings is 1. The number of aliphatic hydroxyl groups is 1. The zero-order valence-corrected chi connectivity index (χ0v) is 11.5. The van der Waals surface area contributed by atoms with Gasteiger partial charge in [0.25, 0.3) is 0 Å². The monoisotopic (exact) mass is 339 g/mol. The van der Waals surface area contributed by atoms with E-state index in [2.05, 4.69) is 43.2 Å². The van der Waals surface area contributed by atoms with Crippen molar-refractivity contribution in [3.63, 3.8) is 0 Å². The van der Waals surface area contributed by atoms with Crippen molar-refractivity contribution < 1.29 is 5.11 Å². The molecule has 0 amide bonds. The first kappa shape index (κ1) is 12.4. The maximum atomic E-state index is 8.50. The van der Waals surface area contributed by atoms with Crippen molar-refractivity contribution in [2.45, 2.75) is 6.54 Å². The molecule has 0 aliphatic carbocycles. The van der Waals surface area contributed by atoms with E-state index < -0.39 is 0 Å². The van der Waals surface area contributed by atoms with E-state index in [0.29, 0.717) is 0 Å². The Morgan fingerprint density at radius 3 is 2.79 bits per heavy atom. The summed E-state index contributed by atoms with van der Waals surface area (Å²) >= 11 is 8.59. The standard InChI is InChI=1S/C9H11Br2NOS/c10-8-5-7(9(11)14-8)6-12-3-1-2-4-13/h1-2,5,12-13H,3-4,6H2. The Labute approximate surface area is 104 Å². The lowest BCUT2D eigenvalue weighted by atomic mass is 10.3. The third kappa shape index (κ3) is 4.23. The fourth-order valence-corrected chi connectivity index (χ4v) is 3.77. The topological polar surface area (TPSA) is 32.3 Å². The van der Waals surface area contributed by atoms with Gasteiger partial charge in [-0.25, -0.2) is 0 Å². The highest BCUT2D eigenvalue weighted by Gasteiger charge is 2.03. The molecule has 1 aromatic rings. The number of halogens is 2. The summed E-state index contributed by atoms with van der Waals surface area (Å²) in [6.45, 7) is 1.72. The number of aliphatic hydroxyl groups excluding tert-OH is 1. The van der Waals surface area contributed by atoms with Crippen LogP contribution in [-0.4, -0.2) is 18.3 Å². The third-order valence-electron chi connectivity index (χ3n) is 1.58. The van der Waals surface area contributed by atoms with Gasteiger partial charge in [0.05, 0.1) is 14.2 Å². The molecule has 5 heteroatoms. The van der Waals surface area contributed by atoms with E-state index in [0.717, 1.165) is 20.7 Å². The Kier molecular flexibility index (Phi) is 5.96. The predicted octanol–water partition coefficient (Wildman–Crippen LogP) is 2.91. The molecule has 0 saturated carbocycles. The fourth-order valence-electron chi connectivity index (χ4n) is 0.943. The summed E-state index contributed by atoms with van der Waals surface area (Å²) in [5, 5.41) is 11.8. The molecule has 78 valence electrons. The zero-order valence-electron chi connectivity index (χ0n) is 7.46. The van der Waals surface area contributed by atoms with Crippen molar-refractivity contribution in [3.05, 3.63) is 31.4 Å². The van der Waals surface area contributed by atoms with Crippen LogP contribution in [0, 0.1) is 0 Å². The first-order valence-electron chi connectivity index (χ1n) is 4.14. The minimum atomic E-state index is 0.107. The van der Waals surface area contributed by atoms with Crippen LogP contribution in [0.5, 0.6) is 0 Å². The van der Waals surface area contributed by atoms with E-state index in [9.17, 15) is 0 Å². The van der Waals surface area contributed by atoms with E-state index in [-0.39, 0.29) is 6.61 Å². The van der Waals surface area contributed by atoms with Crippen molar-refractivity contribution in [3.8, 4) is 0 Å². The molecule has 1 aromatic heterocycles. The molecule has 0 saturated heterocycles. The second kappa shape index (κ2) is 6.74. The molecular formula is C9H11Br2NOS. The molecule has 0 aliphatic heterocycles. The van der Waals surface area contributed by atoms with Crippen LogP contribution in [0.1, 0.15) is 5.56 Å². The smallest absolute Gasteiger partial charge is 0.0755 e. The van der Waals surface area contributed by atoms with Gasteiger partial charge in [0.2, 0.25) is 0 Å². The Morgan fingerprint density at radius 1 is 1.43 bits per heavy atom. The van der Waals surface area contributed by atoms with Crippen LogP contribution in [-0.2, 0) is 6.54 Å². The Balaban J connectivity index is 2.31. The van der Waals surface area contributed by atoms with Gasteiger partial charge in [0.1, 0.15) is 0 Å². The predicted molar refractivity (Wildman–Crippen MR) is 67.7 cm³/mol. The summed E-state index contributed by atoms with van der Waals surface area (Å²) in [6, 6.07) is 2.09. The van der Waals surface area contributed by atoms with Gasteiger partial charge in [-0.15, -0.1) is 11.3 Å². The number of rotatable bonds is 5. The Hall–Kier alpha value is 0.320. The molecule has 1 heterocycles. The highest BCUT2D eigenvalue weighted by molar-refractivity contribution is 9.12. The number of hydrogen-bond donors (Lipinski definition) is 2. The third-order valence-corrected chi connectivity index (χ3v) is 4.04. The molecule has 0 spiro atoms. The van der Waals surface area contributed by atoms with Crippen molar-refractivity contribution in [1.29, 1.82) is 0 Å². The first-order chi connectivity index (χ1) is 6.74. The van der Waals surface area contributed by atoms with Crippen LogP contribution in [0.4, 0.5) is 0 Å². The lowest BCUT2D eigenvalue weighted by molar-refractivity contribution is 0.342. The second-order valence-corrected chi connectivity index (χ2v) is 6.38. The molecule has 0 fully saturated rings. The lowest BCUT2D eigenvalue weighted by Gasteiger charge is -1.99. The Bertz CT molecular complexity index is 312. The molecule has 0 bridgehead atoms. The van der Waals surface area contributed by atoms with Gasteiger partial charge in [0.15, 0.2) is 0 Å². The highest BCUT2D eigenvalue weighted by Crippen LogP contribution is 2.31. The maximum absolute atomic E-state index is 8.50. The SMILES string of the molecule is OCC=CCNCc1cc(Br)sc1Br. The molecule has 0 aliphatic rings. The largest absolute Gasteiger partial charge is 0.392 e. The minimum absolute atomic E-state index is 0.107. The van der Waals surface area contributed by atoms with Gasteiger partial charge in [0, 0.05) is 13.1 Å². The van der Waals surface area contributed by atoms with Gasteiger partial charge >= 0.3 is 0 Å².